The van der Waals surface area contributed by atoms with Gasteiger partial charge in [-0.25, -0.2) is 4.79 Å². The summed E-state index contributed by atoms with van der Waals surface area (Å²) in [5, 5.41) is 5.95. The average Bonchev–Trinajstić information content (AvgIpc) is 2.49. The van der Waals surface area contributed by atoms with Gasteiger partial charge in [-0.3, -0.25) is 0 Å². The number of hydrogen-bond acceptors (Lipinski definition) is 3. The van der Waals surface area contributed by atoms with Gasteiger partial charge >= 0.3 is 6.03 Å². The van der Waals surface area contributed by atoms with Crippen molar-refractivity contribution in [1.82, 2.24) is 5.32 Å². The van der Waals surface area contributed by atoms with Crippen molar-refractivity contribution in [2.75, 3.05) is 19.2 Å². The molecule has 0 fully saturated rings. The molecule has 2 N–H and O–H groups in total. The largest absolute Gasteiger partial charge is 0.495 e. The summed E-state index contributed by atoms with van der Waals surface area (Å²) in [5.74, 6) is 1.22. The van der Waals surface area contributed by atoms with E-state index in [-0.39, 0.29) is 12.8 Å². The number of anilines is 1. The zero-order valence-corrected chi connectivity index (χ0v) is 13.1. The van der Waals surface area contributed by atoms with Crippen LogP contribution < -0.4 is 20.1 Å². The molecule has 0 saturated carbocycles. The van der Waals surface area contributed by atoms with Crippen molar-refractivity contribution in [2.24, 2.45) is 0 Å². The molecule has 2 rings (SSSR count). The molecule has 0 unspecified atom stereocenters. The lowest BCUT2D eigenvalue weighted by Gasteiger charge is -2.12. The van der Waals surface area contributed by atoms with E-state index in [2.05, 4.69) is 10.6 Å². The lowest BCUT2D eigenvalue weighted by atomic mass is 10.2. The monoisotopic (exact) mass is 320 g/mol. The Balaban J connectivity index is 1.85. The van der Waals surface area contributed by atoms with Crippen LogP contribution in [0.1, 0.15) is 5.56 Å². The minimum absolute atomic E-state index is 0.0433. The standard InChI is InChI=1S/C16H17ClN2O3/c1-11-3-8-15(21-2)14(9-11)19-16(20)18-10-22-13-6-4-12(17)5-7-13/h3-9H,10H2,1-2H3,(H2,18,19,20). The first-order chi connectivity index (χ1) is 10.6. The molecule has 0 spiro atoms. The number of benzene rings is 2. The average molecular weight is 321 g/mol. The number of amides is 2. The number of hydrogen-bond donors (Lipinski definition) is 2. The molecule has 0 radical (unpaired) electrons. The SMILES string of the molecule is COc1ccc(C)cc1NC(=O)NCOc1ccc(Cl)cc1. The maximum Gasteiger partial charge on any atom is 0.321 e. The molecule has 116 valence electrons. The van der Waals surface area contributed by atoms with E-state index in [1.54, 1.807) is 37.4 Å². The van der Waals surface area contributed by atoms with Crippen LogP contribution in [0.4, 0.5) is 10.5 Å². The fourth-order valence-corrected chi connectivity index (χ4v) is 1.93. The summed E-state index contributed by atoms with van der Waals surface area (Å²) in [6.07, 6.45) is 0. The number of carbonyl (C=O) groups is 1. The molecular formula is C16H17ClN2O3. The molecule has 0 aliphatic carbocycles. The topological polar surface area (TPSA) is 59.6 Å². The zero-order chi connectivity index (χ0) is 15.9. The van der Waals surface area contributed by atoms with Crippen molar-refractivity contribution in [2.45, 2.75) is 6.92 Å². The summed E-state index contributed by atoms with van der Waals surface area (Å²) in [5.41, 5.74) is 1.63. The van der Waals surface area contributed by atoms with Gasteiger partial charge in [0.15, 0.2) is 6.73 Å². The third-order valence-corrected chi connectivity index (χ3v) is 3.14. The Morgan fingerprint density at radius 2 is 1.91 bits per heavy atom. The van der Waals surface area contributed by atoms with E-state index in [0.29, 0.717) is 22.2 Å². The van der Waals surface area contributed by atoms with E-state index < -0.39 is 0 Å². The molecule has 0 heterocycles. The Labute approximate surface area is 134 Å². The van der Waals surface area contributed by atoms with Gasteiger partial charge in [-0.15, -0.1) is 0 Å². The van der Waals surface area contributed by atoms with Crippen molar-refractivity contribution in [3.05, 3.63) is 53.1 Å². The summed E-state index contributed by atoms with van der Waals surface area (Å²) < 4.78 is 10.6. The van der Waals surface area contributed by atoms with Gasteiger partial charge in [0.2, 0.25) is 0 Å². The van der Waals surface area contributed by atoms with Crippen LogP contribution in [0.3, 0.4) is 0 Å². The van der Waals surface area contributed by atoms with Gasteiger partial charge in [0.25, 0.3) is 0 Å². The van der Waals surface area contributed by atoms with Crippen LogP contribution in [-0.4, -0.2) is 19.9 Å². The normalized spacial score (nSPS) is 9.95. The van der Waals surface area contributed by atoms with E-state index >= 15 is 0 Å². The van der Waals surface area contributed by atoms with Crippen molar-refractivity contribution < 1.29 is 14.3 Å². The van der Waals surface area contributed by atoms with Gasteiger partial charge in [-0.1, -0.05) is 17.7 Å². The fraction of sp³-hybridized carbons (Fsp3) is 0.188. The molecular weight excluding hydrogens is 304 g/mol. The highest BCUT2D eigenvalue weighted by atomic mass is 35.5. The lowest BCUT2D eigenvalue weighted by molar-refractivity contribution is 0.234. The number of ether oxygens (including phenoxy) is 2. The molecule has 0 bridgehead atoms. The van der Waals surface area contributed by atoms with Crippen LogP contribution >= 0.6 is 11.6 Å². The maximum atomic E-state index is 11.9. The summed E-state index contributed by atoms with van der Waals surface area (Å²) in [6.45, 7) is 1.98. The van der Waals surface area contributed by atoms with Gasteiger partial charge in [-0.2, -0.15) is 0 Å². The number of aryl methyl sites for hydroxylation is 1. The van der Waals surface area contributed by atoms with Crippen LogP contribution in [0.25, 0.3) is 0 Å². The van der Waals surface area contributed by atoms with Crippen molar-refractivity contribution in [1.29, 1.82) is 0 Å². The number of nitrogens with one attached hydrogen (secondary N) is 2. The Morgan fingerprint density at radius 1 is 1.18 bits per heavy atom. The lowest BCUT2D eigenvalue weighted by Crippen LogP contribution is -2.32. The predicted molar refractivity (Wildman–Crippen MR) is 86.8 cm³/mol. The van der Waals surface area contributed by atoms with Gasteiger partial charge in [0.1, 0.15) is 11.5 Å². The van der Waals surface area contributed by atoms with Crippen molar-refractivity contribution in [3.63, 3.8) is 0 Å². The van der Waals surface area contributed by atoms with Gasteiger partial charge in [0, 0.05) is 5.02 Å². The first-order valence-electron chi connectivity index (χ1n) is 6.66. The predicted octanol–water partition coefficient (Wildman–Crippen LogP) is 3.82. The highest BCUT2D eigenvalue weighted by Crippen LogP contribution is 2.24. The Hall–Kier alpha value is -2.40. The van der Waals surface area contributed by atoms with E-state index in [9.17, 15) is 4.79 Å². The minimum atomic E-state index is -0.377. The molecule has 2 amide bonds. The molecule has 2 aromatic carbocycles. The Bertz CT molecular complexity index is 644. The molecule has 0 atom stereocenters. The summed E-state index contributed by atoms with van der Waals surface area (Å²) in [6, 6.07) is 12.1. The Morgan fingerprint density at radius 3 is 2.59 bits per heavy atom. The fourth-order valence-electron chi connectivity index (χ4n) is 1.80. The second kappa shape index (κ2) is 7.56. The summed E-state index contributed by atoms with van der Waals surface area (Å²) >= 11 is 5.78. The van der Waals surface area contributed by atoms with Crippen molar-refractivity contribution in [3.8, 4) is 11.5 Å². The molecule has 0 aliphatic heterocycles. The second-order valence-corrected chi connectivity index (χ2v) is 5.01. The van der Waals surface area contributed by atoms with Crippen LogP contribution in [0, 0.1) is 6.92 Å². The van der Waals surface area contributed by atoms with E-state index in [0.717, 1.165) is 5.56 Å². The van der Waals surface area contributed by atoms with Crippen LogP contribution in [-0.2, 0) is 0 Å². The number of carbonyl (C=O) groups excluding carboxylic acids is 1. The third-order valence-electron chi connectivity index (χ3n) is 2.89. The number of methoxy groups -OCH3 is 1. The van der Waals surface area contributed by atoms with E-state index in [1.807, 2.05) is 19.1 Å². The van der Waals surface area contributed by atoms with Gasteiger partial charge in [-0.05, 0) is 48.9 Å². The zero-order valence-electron chi connectivity index (χ0n) is 12.4. The molecule has 2 aromatic rings. The van der Waals surface area contributed by atoms with Crippen LogP contribution in [0.5, 0.6) is 11.5 Å². The maximum absolute atomic E-state index is 11.9. The molecule has 0 saturated heterocycles. The molecule has 0 aliphatic rings. The number of halogens is 1. The quantitative estimate of drug-likeness (QED) is 0.823. The molecule has 22 heavy (non-hydrogen) atoms. The minimum Gasteiger partial charge on any atom is -0.495 e. The van der Waals surface area contributed by atoms with Crippen molar-refractivity contribution >= 4 is 23.3 Å². The highest BCUT2D eigenvalue weighted by molar-refractivity contribution is 6.30. The summed E-state index contributed by atoms with van der Waals surface area (Å²) in [7, 11) is 1.55. The van der Waals surface area contributed by atoms with Gasteiger partial charge in [0.05, 0.1) is 12.8 Å². The van der Waals surface area contributed by atoms with E-state index in [4.69, 9.17) is 21.1 Å². The molecule has 6 heteroatoms. The smallest absolute Gasteiger partial charge is 0.321 e. The third kappa shape index (κ3) is 4.56. The Kier molecular flexibility index (Phi) is 5.49. The number of rotatable bonds is 5. The highest BCUT2D eigenvalue weighted by Gasteiger charge is 2.07. The second-order valence-electron chi connectivity index (χ2n) is 4.58. The molecule has 0 aromatic heterocycles. The van der Waals surface area contributed by atoms with Crippen LogP contribution in [0.2, 0.25) is 5.02 Å². The first-order valence-corrected chi connectivity index (χ1v) is 7.04. The van der Waals surface area contributed by atoms with E-state index in [1.165, 1.54) is 0 Å². The van der Waals surface area contributed by atoms with Gasteiger partial charge < -0.3 is 20.1 Å². The summed E-state index contributed by atoms with van der Waals surface area (Å²) in [4.78, 5) is 11.9. The molecule has 5 nitrogen and oxygen atoms in total. The number of urea groups is 1. The van der Waals surface area contributed by atoms with Crippen LogP contribution in [0.15, 0.2) is 42.5 Å². The first kappa shape index (κ1) is 16.0.